The summed E-state index contributed by atoms with van der Waals surface area (Å²) < 4.78 is 5.49. The zero-order valence-electron chi connectivity index (χ0n) is 10.4. The van der Waals surface area contributed by atoms with Crippen molar-refractivity contribution in [3.8, 4) is 5.75 Å². The molecule has 0 spiro atoms. The van der Waals surface area contributed by atoms with Gasteiger partial charge in [0.05, 0.1) is 6.61 Å². The van der Waals surface area contributed by atoms with Crippen molar-refractivity contribution < 1.29 is 14.9 Å². The van der Waals surface area contributed by atoms with E-state index >= 15 is 0 Å². The molecule has 0 fully saturated rings. The lowest BCUT2D eigenvalue weighted by Gasteiger charge is -2.14. The van der Waals surface area contributed by atoms with E-state index in [2.05, 4.69) is 11.4 Å². The van der Waals surface area contributed by atoms with E-state index in [1.54, 1.807) is 0 Å². The van der Waals surface area contributed by atoms with Crippen molar-refractivity contribution in [3.05, 3.63) is 29.3 Å². The molecule has 3 N–H and O–H groups in total. The SMILES string of the molecule is CCNCc1cc(C)ccc1OCC(O)CO. The molecular formula is C13H21NO3. The van der Waals surface area contributed by atoms with Crippen molar-refractivity contribution >= 4 is 0 Å². The number of rotatable bonds is 7. The van der Waals surface area contributed by atoms with Crippen LogP contribution >= 0.6 is 0 Å². The normalized spacial score (nSPS) is 12.5. The number of nitrogens with one attached hydrogen (secondary N) is 1. The van der Waals surface area contributed by atoms with Crippen molar-refractivity contribution in [3.63, 3.8) is 0 Å². The first-order valence-corrected chi connectivity index (χ1v) is 5.89. The van der Waals surface area contributed by atoms with Crippen LogP contribution in [0.25, 0.3) is 0 Å². The Labute approximate surface area is 102 Å². The Balaban J connectivity index is 2.68. The molecule has 4 nitrogen and oxygen atoms in total. The number of aliphatic hydroxyl groups excluding tert-OH is 2. The van der Waals surface area contributed by atoms with Gasteiger partial charge in [0.1, 0.15) is 18.5 Å². The second kappa shape index (κ2) is 7.27. The molecule has 96 valence electrons. The van der Waals surface area contributed by atoms with Crippen LogP contribution in [0.1, 0.15) is 18.1 Å². The monoisotopic (exact) mass is 239 g/mol. The first kappa shape index (κ1) is 14.0. The molecule has 0 aliphatic heterocycles. The minimum Gasteiger partial charge on any atom is -0.490 e. The highest BCUT2D eigenvalue weighted by Gasteiger charge is 2.07. The predicted molar refractivity (Wildman–Crippen MR) is 67.1 cm³/mol. The minimum absolute atomic E-state index is 0.110. The molecule has 0 saturated heterocycles. The Bertz CT molecular complexity index is 341. The van der Waals surface area contributed by atoms with Crippen LogP contribution < -0.4 is 10.1 Å². The summed E-state index contributed by atoms with van der Waals surface area (Å²) in [5.41, 5.74) is 2.24. The van der Waals surface area contributed by atoms with Gasteiger partial charge in [0.25, 0.3) is 0 Å². The van der Waals surface area contributed by atoms with Crippen LogP contribution in [0.5, 0.6) is 5.75 Å². The van der Waals surface area contributed by atoms with Crippen molar-refractivity contribution in [1.82, 2.24) is 5.32 Å². The van der Waals surface area contributed by atoms with Gasteiger partial charge in [-0.1, -0.05) is 24.6 Å². The van der Waals surface area contributed by atoms with Crippen LogP contribution in [0.3, 0.4) is 0 Å². The molecule has 0 aliphatic rings. The molecule has 0 aromatic heterocycles. The lowest BCUT2D eigenvalue weighted by Crippen LogP contribution is -2.22. The Morgan fingerprint density at radius 2 is 2.18 bits per heavy atom. The fourth-order valence-electron chi connectivity index (χ4n) is 1.49. The van der Waals surface area contributed by atoms with Gasteiger partial charge < -0.3 is 20.3 Å². The smallest absolute Gasteiger partial charge is 0.123 e. The molecule has 1 aromatic rings. The zero-order chi connectivity index (χ0) is 12.7. The van der Waals surface area contributed by atoms with Crippen molar-refractivity contribution in [2.45, 2.75) is 26.5 Å². The van der Waals surface area contributed by atoms with Gasteiger partial charge in [-0.05, 0) is 19.5 Å². The van der Waals surface area contributed by atoms with Crippen LogP contribution in [0.2, 0.25) is 0 Å². The molecule has 0 aliphatic carbocycles. The second-order valence-corrected chi connectivity index (χ2v) is 4.04. The van der Waals surface area contributed by atoms with Crippen LogP contribution in [0.4, 0.5) is 0 Å². The highest BCUT2D eigenvalue weighted by Crippen LogP contribution is 2.20. The number of hydrogen-bond acceptors (Lipinski definition) is 4. The van der Waals surface area contributed by atoms with Gasteiger partial charge in [0.2, 0.25) is 0 Å². The maximum Gasteiger partial charge on any atom is 0.123 e. The fraction of sp³-hybridized carbons (Fsp3) is 0.538. The van der Waals surface area contributed by atoms with E-state index < -0.39 is 6.10 Å². The summed E-state index contributed by atoms with van der Waals surface area (Å²) in [7, 11) is 0. The molecule has 4 heteroatoms. The number of aliphatic hydroxyl groups is 2. The van der Waals surface area contributed by atoms with Crippen molar-refractivity contribution in [2.24, 2.45) is 0 Å². The topological polar surface area (TPSA) is 61.7 Å². The van der Waals surface area contributed by atoms with E-state index in [4.69, 9.17) is 9.84 Å². The lowest BCUT2D eigenvalue weighted by atomic mass is 10.1. The van der Waals surface area contributed by atoms with E-state index in [0.717, 1.165) is 24.4 Å². The maximum absolute atomic E-state index is 9.25. The van der Waals surface area contributed by atoms with Gasteiger partial charge >= 0.3 is 0 Å². The number of benzene rings is 1. The van der Waals surface area contributed by atoms with Gasteiger partial charge in [-0.2, -0.15) is 0 Å². The summed E-state index contributed by atoms with van der Waals surface area (Å²) >= 11 is 0. The largest absolute Gasteiger partial charge is 0.490 e. The number of hydrogen-bond donors (Lipinski definition) is 3. The molecular weight excluding hydrogens is 218 g/mol. The third kappa shape index (κ3) is 4.73. The van der Waals surface area contributed by atoms with E-state index in [1.165, 1.54) is 5.56 Å². The van der Waals surface area contributed by atoms with Crippen LogP contribution in [-0.2, 0) is 6.54 Å². The molecule has 1 atom stereocenters. The molecule has 0 saturated carbocycles. The van der Waals surface area contributed by atoms with Crippen LogP contribution in [-0.4, -0.2) is 36.1 Å². The quantitative estimate of drug-likeness (QED) is 0.660. The Hall–Kier alpha value is -1.10. The number of ether oxygens (including phenoxy) is 1. The number of aryl methyl sites for hydroxylation is 1. The first-order chi connectivity index (χ1) is 8.17. The molecule has 1 aromatic carbocycles. The Morgan fingerprint density at radius 1 is 1.41 bits per heavy atom. The maximum atomic E-state index is 9.25. The average Bonchev–Trinajstić information content (AvgIpc) is 2.34. The van der Waals surface area contributed by atoms with Gasteiger partial charge in [0, 0.05) is 12.1 Å². The predicted octanol–water partition coefficient (Wildman–Crippen LogP) is 0.837. The highest BCUT2D eigenvalue weighted by molar-refractivity contribution is 5.36. The molecule has 17 heavy (non-hydrogen) atoms. The first-order valence-electron chi connectivity index (χ1n) is 5.89. The summed E-state index contributed by atoms with van der Waals surface area (Å²) in [5.74, 6) is 0.754. The molecule has 0 bridgehead atoms. The van der Waals surface area contributed by atoms with E-state index in [1.807, 2.05) is 26.0 Å². The van der Waals surface area contributed by atoms with Gasteiger partial charge in [-0.25, -0.2) is 0 Å². The van der Waals surface area contributed by atoms with Crippen LogP contribution in [0, 0.1) is 6.92 Å². The third-order valence-corrected chi connectivity index (χ3v) is 2.42. The molecule has 1 unspecified atom stereocenters. The summed E-state index contributed by atoms with van der Waals surface area (Å²) in [4.78, 5) is 0. The summed E-state index contributed by atoms with van der Waals surface area (Å²) in [6.07, 6.45) is -0.830. The minimum atomic E-state index is -0.830. The molecule has 0 radical (unpaired) electrons. The second-order valence-electron chi connectivity index (χ2n) is 4.04. The highest BCUT2D eigenvalue weighted by atomic mass is 16.5. The Morgan fingerprint density at radius 3 is 2.82 bits per heavy atom. The Kier molecular flexibility index (Phi) is 5.97. The van der Waals surface area contributed by atoms with Gasteiger partial charge in [0.15, 0.2) is 0 Å². The standard InChI is InChI=1S/C13H21NO3/c1-3-14-7-11-6-10(2)4-5-13(11)17-9-12(16)8-15/h4-6,12,14-16H,3,7-9H2,1-2H3. The molecule has 0 heterocycles. The zero-order valence-corrected chi connectivity index (χ0v) is 10.4. The van der Waals surface area contributed by atoms with Gasteiger partial charge in [-0.3, -0.25) is 0 Å². The molecule has 0 amide bonds. The summed E-state index contributed by atoms with van der Waals surface area (Å²) in [6.45, 7) is 5.54. The van der Waals surface area contributed by atoms with E-state index in [0.29, 0.717) is 0 Å². The fourth-order valence-corrected chi connectivity index (χ4v) is 1.49. The van der Waals surface area contributed by atoms with E-state index in [9.17, 15) is 5.11 Å². The van der Waals surface area contributed by atoms with Crippen molar-refractivity contribution in [2.75, 3.05) is 19.8 Å². The lowest BCUT2D eigenvalue weighted by molar-refractivity contribution is 0.0532. The summed E-state index contributed by atoms with van der Waals surface area (Å²) in [6, 6.07) is 5.92. The van der Waals surface area contributed by atoms with E-state index in [-0.39, 0.29) is 13.2 Å². The van der Waals surface area contributed by atoms with Crippen LogP contribution in [0.15, 0.2) is 18.2 Å². The summed E-state index contributed by atoms with van der Waals surface area (Å²) in [5, 5.41) is 21.2. The average molecular weight is 239 g/mol. The van der Waals surface area contributed by atoms with Gasteiger partial charge in [-0.15, -0.1) is 0 Å². The van der Waals surface area contributed by atoms with Crippen molar-refractivity contribution in [1.29, 1.82) is 0 Å². The third-order valence-electron chi connectivity index (χ3n) is 2.42. The molecule has 1 rings (SSSR count).